The van der Waals surface area contributed by atoms with Crippen LogP contribution in [0.15, 0.2) is 24.3 Å². The highest BCUT2D eigenvalue weighted by Crippen LogP contribution is 2.26. The van der Waals surface area contributed by atoms with Crippen molar-refractivity contribution >= 4 is 12.2 Å². The zero-order valence-electron chi connectivity index (χ0n) is 10.3. The summed E-state index contributed by atoms with van der Waals surface area (Å²) in [6.45, 7) is 4.39. The van der Waals surface area contributed by atoms with Crippen molar-refractivity contribution in [3.05, 3.63) is 46.8 Å². The van der Waals surface area contributed by atoms with Gasteiger partial charge in [0.1, 0.15) is 0 Å². The minimum atomic E-state index is 1.04. The average molecular weight is 213 g/mol. The Kier molecular flexibility index (Phi) is 3.14. The summed E-state index contributed by atoms with van der Waals surface area (Å²) in [5.74, 6) is 0. The molecule has 0 amide bonds. The maximum absolute atomic E-state index is 2.29. The van der Waals surface area contributed by atoms with E-state index < -0.39 is 0 Å². The van der Waals surface area contributed by atoms with Crippen molar-refractivity contribution in [2.45, 2.75) is 26.7 Å². The molecule has 1 heterocycles. The summed E-state index contributed by atoms with van der Waals surface area (Å²) in [6, 6.07) is 0. The molecule has 0 aliphatic heterocycles. The molecular formula is C15H19N. The van der Waals surface area contributed by atoms with Gasteiger partial charge in [0.2, 0.25) is 0 Å². The number of hydrogen-bond acceptors (Lipinski definition) is 0. The van der Waals surface area contributed by atoms with Crippen LogP contribution in [0.3, 0.4) is 0 Å². The first-order chi connectivity index (χ1) is 7.75. The fourth-order valence-corrected chi connectivity index (χ4v) is 2.28. The van der Waals surface area contributed by atoms with Crippen LogP contribution in [0.1, 0.15) is 35.9 Å². The number of hydrogen-bond donors (Lipinski definition) is 0. The Morgan fingerprint density at radius 1 is 1.38 bits per heavy atom. The van der Waals surface area contributed by atoms with Crippen LogP contribution in [-0.4, -0.2) is 4.57 Å². The number of allylic oxidation sites excluding steroid dienone is 4. The summed E-state index contributed by atoms with van der Waals surface area (Å²) < 4.78 is 2.29. The molecule has 0 radical (unpaired) electrons. The van der Waals surface area contributed by atoms with Gasteiger partial charge in [-0.15, -0.1) is 0 Å². The van der Waals surface area contributed by atoms with Crippen molar-refractivity contribution in [2.24, 2.45) is 7.05 Å². The van der Waals surface area contributed by atoms with Crippen LogP contribution in [0.25, 0.3) is 12.2 Å². The van der Waals surface area contributed by atoms with Gasteiger partial charge in [-0.3, -0.25) is 0 Å². The second-order valence-corrected chi connectivity index (χ2v) is 4.24. The highest BCUT2D eigenvalue weighted by atomic mass is 15.0. The molecule has 0 bridgehead atoms. The number of nitrogens with zero attached hydrogens (tertiary/aromatic N) is 1. The van der Waals surface area contributed by atoms with E-state index in [1.165, 1.54) is 22.5 Å². The van der Waals surface area contributed by atoms with Gasteiger partial charge >= 0.3 is 0 Å². The molecule has 0 N–H and O–H groups in total. The summed E-state index contributed by atoms with van der Waals surface area (Å²) in [5, 5.41) is 0. The normalized spacial score (nSPS) is 14.4. The van der Waals surface area contributed by atoms with Crippen molar-refractivity contribution < 1.29 is 0 Å². The lowest BCUT2D eigenvalue weighted by Gasteiger charge is -2.01. The van der Waals surface area contributed by atoms with Gasteiger partial charge in [0.05, 0.1) is 0 Å². The van der Waals surface area contributed by atoms with Gasteiger partial charge in [0.25, 0.3) is 0 Å². The third kappa shape index (κ3) is 1.78. The van der Waals surface area contributed by atoms with Gasteiger partial charge in [0, 0.05) is 18.4 Å². The fourth-order valence-electron chi connectivity index (χ4n) is 2.28. The molecule has 0 fully saturated rings. The number of aromatic nitrogens is 1. The molecule has 1 aliphatic carbocycles. The molecule has 0 spiro atoms. The van der Waals surface area contributed by atoms with Gasteiger partial charge in [0.15, 0.2) is 0 Å². The highest BCUT2D eigenvalue weighted by molar-refractivity contribution is 5.64. The second-order valence-electron chi connectivity index (χ2n) is 4.24. The summed E-state index contributed by atoms with van der Waals surface area (Å²) >= 11 is 0. The first kappa shape index (κ1) is 11.0. The van der Waals surface area contributed by atoms with Crippen molar-refractivity contribution in [1.82, 2.24) is 4.57 Å². The predicted octanol–water partition coefficient (Wildman–Crippen LogP) is 3.88. The molecule has 1 aromatic rings. The summed E-state index contributed by atoms with van der Waals surface area (Å²) in [6.07, 6.45) is 15.3. The van der Waals surface area contributed by atoms with Crippen LogP contribution < -0.4 is 0 Å². The van der Waals surface area contributed by atoms with Crippen LogP contribution in [-0.2, 0) is 13.5 Å². The minimum absolute atomic E-state index is 1.04. The van der Waals surface area contributed by atoms with Gasteiger partial charge in [-0.25, -0.2) is 0 Å². The summed E-state index contributed by atoms with van der Waals surface area (Å²) in [4.78, 5) is 0. The van der Waals surface area contributed by atoms with Gasteiger partial charge in [-0.1, -0.05) is 31.2 Å². The minimum Gasteiger partial charge on any atom is -0.344 e. The van der Waals surface area contributed by atoms with E-state index in [1.54, 1.807) is 0 Å². The largest absolute Gasteiger partial charge is 0.344 e. The molecule has 16 heavy (non-hydrogen) atoms. The highest BCUT2D eigenvalue weighted by Gasteiger charge is 2.13. The average Bonchev–Trinajstić information content (AvgIpc) is 2.51. The SMILES string of the molecule is CC/C=C\c1c(C)c2c(n1C)C=CC=CC2. The molecule has 2 rings (SSSR count). The van der Waals surface area contributed by atoms with Crippen molar-refractivity contribution in [3.63, 3.8) is 0 Å². The van der Waals surface area contributed by atoms with Crippen LogP contribution >= 0.6 is 0 Å². The standard InChI is InChI=1S/C15H19N/c1-4-5-10-14-12(2)13-9-7-6-8-11-15(13)16(14)3/h5-8,10-11H,4,9H2,1-3H3/b10-5-. The van der Waals surface area contributed by atoms with E-state index in [2.05, 4.69) is 61.9 Å². The zero-order chi connectivity index (χ0) is 11.5. The summed E-state index contributed by atoms with van der Waals surface area (Å²) in [7, 11) is 2.15. The number of rotatable bonds is 2. The van der Waals surface area contributed by atoms with E-state index in [0.29, 0.717) is 0 Å². The molecular weight excluding hydrogens is 194 g/mol. The van der Waals surface area contributed by atoms with E-state index in [0.717, 1.165) is 12.8 Å². The summed E-state index contributed by atoms with van der Waals surface area (Å²) in [5.41, 5.74) is 5.56. The first-order valence-corrected chi connectivity index (χ1v) is 5.93. The molecule has 0 atom stereocenters. The zero-order valence-corrected chi connectivity index (χ0v) is 10.3. The van der Waals surface area contributed by atoms with E-state index in [1.807, 2.05) is 0 Å². The molecule has 0 unspecified atom stereocenters. The third-order valence-electron chi connectivity index (χ3n) is 3.20. The van der Waals surface area contributed by atoms with Crippen LogP contribution in [0.2, 0.25) is 0 Å². The molecule has 1 aliphatic rings. The molecule has 0 saturated carbocycles. The molecule has 0 saturated heterocycles. The molecule has 1 nitrogen and oxygen atoms in total. The van der Waals surface area contributed by atoms with E-state index >= 15 is 0 Å². The lowest BCUT2D eigenvalue weighted by molar-refractivity contribution is 0.894. The fraction of sp³-hybridized carbons (Fsp3) is 0.333. The maximum Gasteiger partial charge on any atom is 0.0447 e. The lowest BCUT2D eigenvalue weighted by atomic mass is 10.1. The van der Waals surface area contributed by atoms with Crippen molar-refractivity contribution in [2.75, 3.05) is 0 Å². The lowest BCUT2D eigenvalue weighted by Crippen LogP contribution is -1.94. The van der Waals surface area contributed by atoms with Crippen LogP contribution in [0.5, 0.6) is 0 Å². The third-order valence-corrected chi connectivity index (χ3v) is 3.20. The molecule has 84 valence electrons. The second kappa shape index (κ2) is 4.56. The van der Waals surface area contributed by atoms with Gasteiger partial charge in [-0.2, -0.15) is 0 Å². The Hall–Kier alpha value is -1.50. The Labute approximate surface area is 97.8 Å². The monoisotopic (exact) mass is 213 g/mol. The van der Waals surface area contributed by atoms with E-state index in [-0.39, 0.29) is 0 Å². The van der Waals surface area contributed by atoms with Gasteiger partial charge in [-0.05, 0) is 43.0 Å². The van der Waals surface area contributed by atoms with Crippen molar-refractivity contribution in [3.8, 4) is 0 Å². The molecule has 1 heteroatoms. The Morgan fingerprint density at radius 2 is 2.19 bits per heavy atom. The van der Waals surface area contributed by atoms with E-state index in [4.69, 9.17) is 0 Å². The predicted molar refractivity (Wildman–Crippen MR) is 71.4 cm³/mol. The Morgan fingerprint density at radius 3 is 2.94 bits per heavy atom. The quantitative estimate of drug-likeness (QED) is 0.702. The maximum atomic E-state index is 2.29. The van der Waals surface area contributed by atoms with Crippen LogP contribution in [0, 0.1) is 6.92 Å². The number of fused-ring (bicyclic) bond motifs is 1. The molecule has 1 aromatic heterocycles. The van der Waals surface area contributed by atoms with E-state index in [9.17, 15) is 0 Å². The Balaban J connectivity index is 2.54. The van der Waals surface area contributed by atoms with Crippen molar-refractivity contribution in [1.29, 1.82) is 0 Å². The first-order valence-electron chi connectivity index (χ1n) is 5.93. The van der Waals surface area contributed by atoms with Gasteiger partial charge < -0.3 is 4.57 Å². The molecule has 0 aromatic carbocycles. The smallest absolute Gasteiger partial charge is 0.0447 e. The Bertz CT molecular complexity index is 470. The topological polar surface area (TPSA) is 4.93 Å². The van der Waals surface area contributed by atoms with Crippen LogP contribution in [0.4, 0.5) is 0 Å².